The van der Waals surface area contributed by atoms with Crippen LogP contribution in [0.3, 0.4) is 0 Å². The van der Waals surface area contributed by atoms with Crippen LogP contribution in [-0.4, -0.2) is 24.6 Å². The number of anilines is 1. The summed E-state index contributed by atoms with van der Waals surface area (Å²) in [5.41, 5.74) is 4.75. The van der Waals surface area contributed by atoms with Gasteiger partial charge in [-0.3, -0.25) is 4.98 Å². The Balaban J connectivity index is 2.15. The molecule has 1 aromatic heterocycles. The average Bonchev–Trinajstić information content (AvgIpc) is 2.94. The number of pyridine rings is 1. The standard InChI is InChI=1S/C15H14N2O2/c1-19-15(18)13-8-11(10-2-5-16-6-3-10)9-14-12(13)4-7-17-14/h2-3,5-6,8-9,17H,4,7H2,1H3. The van der Waals surface area contributed by atoms with E-state index in [1.165, 1.54) is 7.11 Å². The van der Waals surface area contributed by atoms with E-state index in [1.54, 1.807) is 12.4 Å². The predicted octanol–water partition coefficient (Wildman–Crippen LogP) is 2.50. The zero-order valence-electron chi connectivity index (χ0n) is 10.6. The van der Waals surface area contributed by atoms with E-state index >= 15 is 0 Å². The van der Waals surface area contributed by atoms with Crippen molar-refractivity contribution in [2.45, 2.75) is 6.42 Å². The summed E-state index contributed by atoms with van der Waals surface area (Å²) < 4.78 is 4.87. The number of fused-ring (bicyclic) bond motifs is 1. The third-order valence-corrected chi connectivity index (χ3v) is 3.36. The van der Waals surface area contributed by atoms with Crippen LogP contribution in [0, 0.1) is 0 Å². The summed E-state index contributed by atoms with van der Waals surface area (Å²) in [7, 11) is 1.41. The Labute approximate surface area is 111 Å². The number of hydrogen-bond donors (Lipinski definition) is 1. The highest BCUT2D eigenvalue weighted by molar-refractivity contribution is 5.95. The van der Waals surface area contributed by atoms with E-state index < -0.39 is 0 Å². The van der Waals surface area contributed by atoms with E-state index in [2.05, 4.69) is 16.4 Å². The van der Waals surface area contributed by atoms with Crippen molar-refractivity contribution in [3.05, 3.63) is 47.8 Å². The fourth-order valence-electron chi connectivity index (χ4n) is 2.42. The first-order valence-electron chi connectivity index (χ1n) is 6.19. The molecule has 1 aliphatic heterocycles. The van der Waals surface area contributed by atoms with Gasteiger partial charge in [0.15, 0.2) is 0 Å². The van der Waals surface area contributed by atoms with Crippen LogP contribution < -0.4 is 5.32 Å². The largest absolute Gasteiger partial charge is 0.465 e. The summed E-state index contributed by atoms with van der Waals surface area (Å²) in [5.74, 6) is -0.282. The molecule has 0 spiro atoms. The Morgan fingerprint density at radius 3 is 2.79 bits per heavy atom. The number of methoxy groups -OCH3 is 1. The van der Waals surface area contributed by atoms with E-state index in [1.807, 2.05) is 18.2 Å². The second-order valence-corrected chi connectivity index (χ2v) is 4.45. The minimum absolute atomic E-state index is 0.282. The van der Waals surface area contributed by atoms with Gasteiger partial charge < -0.3 is 10.1 Å². The molecule has 96 valence electrons. The zero-order chi connectivity index (χ0) is 13.2. The van der Waals surface area contributed by atoms with Crippen molar-refractivity contribution in [3.8, 4) is 11.1 Å². The monoisotopic (exact) mass is 254 g/mol. The molecule has 0 radical (unpaired) electrons. The quantitative estimate of drug-likeness (QED) is 0.837. The SMILES string of the molecule is COC(=O)c1cc(-c2ccncc2)cc2c1CCN2. The molecule has 1 N–H and O–H groups in total. The molecule has 0 unspecified atom stereocenters. The first-order valence-corrected chi connectivity index (χ1v) is 6.19. The first-order chi connectivity index (χ1) is 9.29. The Morgan fingerprint density at radius 2 is 2.05 bits per heavy atom. The Morgan fingerprint density at radius 1 is 1.26 bits per heavy atom. The summed E-state index contributed by atoms with van der Waals surface area (Å²) in [6.07, 6.45) is 4.35. The fourth-order valence-corrected chi connectivity index (χ4v) is 2.42. The van der Waals surface area contributed by atoms with E-state index in [-0.39, 0.29) is 5.97 Å². The van der Waals surface area contributed by atoms with Gasteiger partial charge in [0.1, 0.15) is 0 Å². The van der Waals surface area contributed by atoms with Gasteiger partial charge in [0.05, 0.1) is 12.7 Å². The van der Waals surface area contributed by atoms with Crippen LogP contribution in [0.5, 0.6) is 0 Å². The smallest absolute Gasteiger partial charge is 0.338 e. The van der Waals surface area contributed by atoms with Gasteiger partial charge in [-0.1, -0.05) is 0 Å². The lowest BCUT2D eigenvalue weighted by Crippen LogP contribution is -2.05. The lowest BCUT2D eigenvalue weighted by molar-refractivity contribution is 0.0600. The molecule has 0 saturated carbocycles. The number of aromatic nitrogens is 1. The van der Waals surface area contributed by atoms with E-state index in [4.69, 9.17) is 4.74 Å². The number of carbonyl (C=O) groups excluding carboxylic acids is 1. The van der Waals surface area contributed by atoms with Gasteiger partial charge in [0.2, 0.25) is 0 Å². The van der Waals surface area contributed by atoms with Crippen molar-refractivity contribution >= 4 is 11.7 Å². The number of ether oxygens (including phenoxy) is 1. The van der Waals surface area contributed by atoms with Crippen molar-refractivity contribution in [3.63, 3.8) is 0 Å². The Hall–Kier alpha value is -2.36. The maximum Gasteiger partial charge on any atom is 0.338 e. The third-order valence-electron chi connectivity index (χ3n) is 3.36. The van der Waals surface area contributed by atoms with Crippen molar-refractivity contribution in [1.82, 2.24) is 4.98 Å². The summed E-state index contributed by atoms with van der Waals surface area (Å²) >= 11 is 0. The van der Waals surface area contributed by atoms with E-state index in [0.29, 0.717) is 5.56 Å². The minimum Gasteiger partial charge on any atom is -0.465 e. The van der Waals surface area contributed by atoms with Gasteiger partial charge in [0, 0.05) is 24.6 Å². The number of carbonyl (C=O) groups is 1. The van der Waals surface area contributed by atoms with Crippen LogP contribution in [0.1, 0.15) is 15.9 Å². The lowest BCUT2D eigenvalue weighted by atomic mass is 9.98. The molecule has 0 fully saturated rings. The van der Waals surface area contributed by atoms with Crippen molar-refractivity contribution in [1.29, 1.82) is 0 Å². The Bertz CT molecular complexity index is 624. The van der Waals surface area contributed by atoms with Crippen molar-refractivity contribution < 1.29 is 9.53 Å². The van der Waals surface area contributed by atoms with E-state index in [9.17, 15) is 4.79 Å². The van der Waals surface area contributed by atoms with Crippen LogP contribution in [0.2, 0.25) is 0 Å². The van der Waals surface area contributed by atoms with Crippen molar-refractivity contribution in [2.75, 3.05) is 19.0 Å². The molecular weight excluding hydrogens is 240 g/mol. The molecule has 4 nitrogen and oxygen atoms in total. The van der Waals surface area contributed by atoms with Crippen molar-refractivity contribution in [2.24, 2.45) is 0 Å². The third kappa shape index (κ3) is 2.05. The fraction of sp³-hybridized carbons (Fsp3) is 0.200. The van der Waals surface area contributed by atoms with Gasteiger partial charge in [-0.2, -0.15) is 0 Å². The molecule has 0 amide bonds. The minimum atomic E-state index is -0.282. The summed E-state index contributed by atoms with van der Waals surface area (Å²) in [4.78, 5) is 15.9. The molecule has 1 aliphatic rings. The molecule has 0 saturated heterocycles. The number of nitrogens with zero attached hydrogens (tertiary/aromatic N) is 1. The van der Waals surface area contributed by atoms with Gasteiger partial charge in [-0.15, -0.1) is 0 Å². The molecule has 2 heterocycles. The number of rotatable bonds is 2. The Kier molecular flexibility index (Phi) is 2.91. The summed E-state index contributed by atoms with van der Waals surface area (Å²) in [5, 5.41) is 3.31. The van der Waals surface area contributed by atoms with Crippen LogP contribution in [0.4, 0.5) is 5.69 Å². The number of esters is 1. The van der Waals surface area contributed by atoms with Crippen LogP contribution >= 0.6 is 0 Å². The maximum absolute atomic E-state index is 11.9. The highest BCUT2D eigenvalue weighted by Gasteiger charge is 2.21. The number of nitrogens with one attached hydrogen (secondary N) is 1. The van der Waals surface area contributed by atoms with E-state index in [0.717, 1.165) is 35.3 Å². The molecule has 1 aromatic carbocycles. The van der Waals surface area contributed by atoms with Crippen LogP contribution in [-0.2, 0) is 11.2 Å². The number of benzene rings is 1. The van der Waals surface area contributed by atoms with Crippen LogP contribution in [0.15, 0.2) is 36.7 Å². The molecule has 19 heavy (non-hydrogen) atoms. The molecule has 0 bridgehead atoms. The van der Waals surface area contributed by atoms with Gasteiger partial charge in [-0.25, -0.2) is 4.79 Å². The molecule has 3 rings (SSSR count). The van der Waals surface area contributed by atoms with Gasteiger partial charge >= 0.3 is 5.97 Å². The molecule has 0 aliphatic carbocycles. The highest BCUT2D eigenvalue weighted by atomic mass is 16.5. The van der Waals surface area contributed by atoms with Gasteiger partial charge in [0.25, 0.3) is 0 Å². The topological polar surface area (TPSA) is 51.2 Å². The molecular formula is C15H14N2O2. The van der Waals surface area contributed by atoms with Gasteiger partial charge in [-0.05, 0) is 47.4 Å². The first kappa shape index (κ1) is 11.7. The predicted molar refractivity (Wildman–Crippen MR) is 73.2 cm³/mol. The molecule has 2 aromatic rings. The number of hydrogen-bond acceptors (Lipinski definition) is 4. The molecule has 4 heteroatoms. The van der Waals surface area contributed by atoms with Crippen LogP contribution in [0.25, 0.3) is 11.1 Å². The highest BCUT2D eigenvalue weighted by Crippen LogP contribution is 2.32. The second kappa shape index (κ2) is 4.72. The lowest BCUT2D eigenvalue weighted by Gasteiger charge is -2.10. The normalized spacial score (nSPS) is 12.7. The zero-order valence-corrected chi connectivity index (χ0v) is 10.6. The average molecular weight is 254 g/mol. The maximum atomic E-state index is 11.9. The second-order valence-electron chi connectivity index (χ2n) is 4.45. The molecule has 0 atom stereocenters. The summed E-state index contributed by atoms with van der Waals surface area (Å²) in [6.45, 7) is 0.860. The summed E-state index contributed by atoms with van der Waals surface area (Å²) in [6, 6.07) is 7.83.